The molecule has 6 heteroatoms. The number of nitrogens with two attached hydrogens (primary N) is 2. The van der Waals surface area contributed by atoms with Crippen molar-refractivity contribution < 1.29 is 4.74 Å². The third-order valence-corrected chi connectivity index (χ3v) is 3.74. The van der Waals surface area contributed by atoms with Crippen LogP contribution in [0.2, 0.25) is 0 Å². The van der Waals surface area contributed by atoms with E-state index >= 15 is 0 Å². The van der Waals surface area contributed by atoms with Gasteiger partial charge in [-0.25, -0.2) is 9.97 Å². The first-order chi connectivity index (χ1) is 11.1. The fourth-order valence-corrected chi connectivity index (χ4v) is 2.49. The third-order valence-electron chi connectivity index (χ3n) is 3.74. The van der Waals surface area contributed by atoms with Gasteiger partial charge in [0.2, 0.25) is 5.95 Å². The van der Waals surface area contributed by atoms with Gasteiger partial charge < -0.3 is 21.5 Å². The van der Waals surface area contributed by atoms with Gasteiger partial charge in [0.25, 0.3) is 0 Å². The zero-order valence-corrected chi connectivity index (χ0v) is 13.1. The fourth-order valence-electron chi connectivity index (χ4n) is 2.49. The zero-order chi connectivity index (χ0) is 16.4. The van der Waals surface area contributed by atoms with Crippen molar-refractivity contribution in [3.63, 3.8) is 0 Å². The molecule has 2 aromatic carbocycles. The average Bonchev–Trinajstić information content (AvgIpc) is 2.60. The zero-order valence-electron chi connectivity index (χ0n) is 13.1. The number of aromatic nitrogens is 2. The van der Waals surface area contributed by atoms with Crippen LogP contribution in [-0.4, -0.2) is 24.1 Å². The summed E-state index contributed by atoms with van der Waals surface area (Å²) in [5, 5.41) is 3.82. The number of hydrogen-bond donors (Lipinski definition) is 3. The molecule has 1 aromatic heterocycles. The Balaban J connectivity index is 2.14. The summed E-state index contributed by atoms with van der Waals surface area (Å²) in [5.41, 5.74) is 15.5. The number of hydrogen-bond acceptors (Lipinski definition) is 6. The lowest BCUT2D eigenvalue weighted by atomic mass is 10.0. The summed E-state index contributed by atoms with van der Waals surface area (Å²) in [7, 11) is 3.41. The molecule has 0 bridgehead atoms. The van der Waals surface area contributed by atoms with E-state index in [1.165, 1.54) is 0 Å². The Kier molecular flexibility index (Phi) is 3.99. The van der Waals surface area contributed by atoms with E-state index in [9.17, 15) is 0 Å². The molecule has 0 aliphatic heterocycles. The SMILES string of the molecule is CNc1nc(C(N)c2ccc(OC)cc2)c2cc(N)ccc2n1. The molecule has 0 spiro atoms. The molecule has 118 valence electrons. The summed E-state index contributed by atoms with van der Waals surface area (Å²) >= 11 is 0. The number of nitrogens with zero attached hydrogens (tertiary/aromatic N) is 2. The van der Waals surface area contributed by atoms with Crippen LogP contribution in [0.1, 0.15) is 17.3 Å². The predicted octanol–water partition coefficient (Wildman–Crippen LogP) is 2.31. The summed E-state index contributed by atoms with van der Waals surface area (Å²) in [6.07, 6.45) is 0. The molecule has 23 heavy (non-hydrogen) atoms. The van der Waals surface area contributed by atoms with Crippen LogP contribution in [0.3, 0.4) is 0 Å². The fraction of sp³-hybridized carbons (Fsp3) is 0.176. The van der Waals surface area contributed by atoms with Gasteiger partial charge in [-0.05, 0) is 35.9 Å². The molecule has 6 nitrogen and oxygen atoms in total. The van der Waals surface area contributed by atoms with Crippen LogP contribution in [-0.2, 0) is 0 Å². The van der Waals surface area contributed by atoms with Crippen molar-refractivity contribution in [3.05, 3.63) is 53.7 Å². The summed E-state index contributed by atoms with van der Waals surface area (Å²) in [6.45, 7) is 0. The lowest BCUT2D eigenvalue weighted by Crippen LogP contribution is -2.15. The summed E-state index contributed by atoms with van der Waals surface area (Å²) in [5.74, 6) is 1.31. The molecule has 0 radical (unpaired) electrons. The molecule has 1 heterocycles. The van der Waals surface area contributed by atoms with Gasteiger partial charge >= 0.3 is 0 Å². The first-order valence-corrected chi connectivity index (χ1v) is 7.27. The van der Waals surface area contributed by atoms with Crippen LogP contribution < -0.4 is 21.5 Å². The molecular weight excluding hydrogens is 290 g/mol. The minimum absolute atomic E-state index is 0.389. The van der Waals surface area contributed by atoms with E-state index in [0.717, 1.165) is 27.9 Å². The quantitative estimate of drug-likeness (QED) is 0.640. The minimum Gasteiger partial charge on any atom is -0.497 e. The maximum atomic E-state index is 6.45. The van der Waals surface area contributed by atoms with Crippen LogP contribution in [0.4, 0.5) is 11.6 Å². The normalized spacial score (nSPS) is 12.1. The Morgan fingerprint density at radius 1 is 1.09 bits per heavy atom. The number of nitrogens with one attached hydrogen (secondary N) is 1. The highest BCUT2D eigenvalue weighted by molar-refractivity contribution is 5.85. The molecule has 0 saturated carbocycles. The maximum Gasteiger partial charge on any atom is 0.223 e. The van der Waals surface area contributed by atoms with Crippen molar-refractivity contribution in [1.29, 1.82) is 0 Å². The van der Waals surface area contributed by atoms with E-state index in [1.807, 2.05) is 42.5 Å². The molecule has 0 aliphatic rings. The second-order valence-corrected chi connectivity index (χ2v) is 5.21. The van der Waals surface area contributed by atoms with Gasteiger partial charge in [0.1, 0.15) is 5.75 Å². The monoisotopic (exact) mass is 309 g/mol. The summed E-state index contributed by atoms with van der Waals surface area (Å²) in [4.78, 5) is 8.99. The highest BCUT2D eigenvalue weighted by Gasteiger charge is 2.16. The molecule has 1 unspecified atom stereocenters. The van der Waals surface area contributed by atoms with Gasteiger partial charge in [0, 0.05) is 18.1 Å². The van der Waals surface area contributed by atoms with Gasteiger partial charge in [-0.15, -0.1) is 0 Å². The Bertz CT molecular complexity index is 832. The van der Waals surface area contributed by atoms with Gasteiger partial charge in [-0.1, -0.05) is 12.1 Å². The van der Waals surface area contributed by atoms with Gasteiger partial charge in [-0.2, -0.15) is 0 Å². The van der Waals surface area contributed by atoms with Crippen LogP contribution >= 0.6 is 0 Å². The van der Waals surface area contributed by atoms with Crippen LogP contribution in [0, 0.1) is 0 Å². The number of ether oxygens (including phenoxy) is 1. The van der Waals surface area contributed by atoms with Crippen LogP contribution in [0.15, 0.2) is 42.5 Å². The molecule has 3 rings (SSSR count). The largest absolute Gasteiger partial charge is 0.497 e. The van der Waals surface area contributed by atoms with Gasteiger partial charge in [0.15, 0.2) is 0 Å². The van der Waals surface area contributed by atoms with Crippen LogP contribution in [0.25, 0.3) is 10.9 Å². The molecule has 1 atom stereocenters. The third kappa shape index (κ3) is 2.89. The van der Waals surface area contributed by atoms with E-state index in [4.69, 9.17) is 16.2 Å². The van der Waals surface area contributed by atoms with E-state index in [2.05, 4.69) is 15.3 Å². The van der Waals surface area contributed by atoms with E-state index < -0.39 is 0 Å². The van der Waals surface area contributed by atoms with Crippen molar-refractivity contribution in [2.24, 2.45) is 5.73 Å². The number of anilines is 2. The second-order valence-electron chi connectivity index (χ2n) is 5.21. The standard InChI is InChI=1S/C17H19N5O/c1-20-17-21-14-8-5-11(18)9-13(14)16(22-17)15(19)10-3-6-12(23-2)7-4-10/h3-9,15H,18-19H2,1-2H3,(H,20,21,22). The Morgan fingerprint density at radius 3 is 2.48 bits per heavy atom. The molecule has 0 amide bonds. The lowest BCUT2D eigenvalue weighted by Gasteiger charge is -2.16. The molecular formula is C17H19N5O. The van der Waals surface area contributed by atoms with E-state index in [1.54, 1.807) is 14.2 Å². The predicted molar refractivity (Wildman–Crippen MR) is 92.5 cm³/mol. The number of benzene rings is 2. The highest BCUT2D eigenvalue weighted by atomic mass is 16.5. The molecule has 0 fully saturated rings. The first kappa shape index (κ1) is 15.1. The number of rotatable bonds is 4. The Labute approximate surface area is 134 Å². The van der Waals surface area contributed by atoms with Gasteiger partial charge in [0.05, 0.1) is 24.4 Å². The molecule has 5 N–H and O–H groups in total. The summed E-state index contributed by atoms with van der Waals surface area (Å²) in [6, 6.07) is 12.8. The molecule has 0 aliphatic carbocycles. The van der Waals surface area contributed by atoms with Crippen LogP contribution in [0.5, 0.6) is 5.75 Å². The maximum absolute atomic E-state index is 6.45. The number of nitrogen functional groups attached to an aromatic ring is 1. The number of methoxy groups -OCH3 is 1. The molecule has 3 aromatic rings. The minimum atomic E-state index is -0.389. The van der Waals surface area contributed by atoms with Crippen molar-refractivity contribution in [2.75, 3.05) is 25.2 Å². The van der Waals surface area contributed by atoms with E-state index in [-0.39, 0.29) is 6.04 Å². The second kappa shape index (κ2) is 6.10. The van der Waals surface area contributed by atoms with Gasteiger partial charge in [-0.3, -0.25) is 0 Å². The Morgan fingerprint density at radius 2 is 1.83 bits per heavy atom. The topological polar surface area (TPSA) is 99.1 Å². The highest BCUT2D eigenvalue weighted by Crippen LogP contribution is 2.28. The van der Waals surface area contributed by atoms with E-state index in [0.29, 0.717) is 11.6 Å². The van der Waals surface area contributed by atoms with Crippen molar-refractivity contribution in [3.8, 4) is 5.75 Å². The number of fused-ring (bicyclic) bond motifs is 1. The summed E-state index contributed by atoms with van der Waals surface area (Å²) < 4.78 is 5.18. The lowest BCUT2D eigenvalue weighted by molar-refractivity contribution is 0.414. The van der Waals surface area contributed by atoms with Crippen molar-refractivity contribution in [1.82, 2.24) is 9.97 Å². The molecule has 0 saturated heterocycles. The van der Waals surface area contributed by atoms with Crippen molar-refractivity contribution >= 4 is 22.5 Å². The Hall–Kier alpha value is -2.86. The average molecular weight is 309 g/mol. The smallest absolute Gasteiger partial charge is 0.223 e. The first-order valence-electron chi connectivity index (χ1n) is 7.27. The van der Waals surface area contributed by atoms with Crippen molar-refractivity contribution in [2.45, 2.75) is 6.04 Å².